The highest BCUT2D eigenvalue weighted by Gasteiger charge is 2.23. The smallest absolute Gasteiger partial charge is 0.191 e. The fraction of sp³-hybridized carbons (Fsp3) is 0.667. The number of aliphatic imine (C=N–C) groups is 1. The molecule has 3 rings (SSSR count). The topological polar surface area (TPSA) is 79.6 Å². The fourth-order valence-corrected chi connectivity index (χ4v) is 4.38. The Kier molecular flexibility index (Phi) is 12.4. The van der Waals surface area contributed by atoms with Crippen LogP contribution in [0.1, 0.15) is 43.4 Å². The van der Waals surface area contributed by atoms with Crippen LogP contribution >= 0.6 is 35.3 Å². The van der Waals surface area contributed by atoms with Crippen molar-refractivity contribution in [1.29, 1.82) is 0 Å². The summed E-state index contributed by atoms with van der Waals surface area (Å²) in [4.78, 5) is 8.83. The first-order valence-corrected chi connectivity index (χ1v) is 11.9. The molecule has 2 aromatic rings. The van der Waals surface area contributed by atoms with E-state index in [-0.39, 0.29) is 24.0 Å². The normalized spacial score (nSPS) is 16.0. The number of hydrogen-bond donors (Lipinski definition) is 2. The molecule has 0 saturated carbocycles. The van der Waals surface area contributed by atoms with Crippen molar-refractivity contribution in [3.05, 3.63) is 34.5 Å². The highest BCUT2D eigenvalue weighted by Crippen LogP contribution is 2.26. The average Bonchev–Trinajstić information content (AvgIpc) is 3.46. The summed E-state index contributed by atoms with van der Waals surface area (Å²) >= 11 is 1.81. The van der Waals surface area contributed by atoms with E-state index in [0.717, 1.165) is 83.5 Å². The number of nitrogens with one attached hydrogen (secondary N) is 2. The Morgan fingerprint density at radius 1 is 1.26 bits per heavy atom. The third kappa shape index (κ3) is 8.32. The molecule has 2 N–H and O–H groups in total. The fourth-order valence-electron chi connectivity index (χ4n) is 3.53. The Morgan fingerprint density at radius 3 is 2.77 bits per heavy atom. The Hall–Kier alpha value is -1.24. The number of morpholine rings is 1. The van der Waals surface area contributed by atoms with Gasteiger partial charge in [-0.1, -0.05) is 26.3 Å². The Bertz CT molecular complexity index is 747. The molecular formula is C21H36IN7OS. The van der Waals surface area contributed by atoms with Crippen molar-refractivity contribution >= 4 is 41.3 Å². The van der Waals surface area contributed by atoms with E-state index in [2.05, 4.69) is 61.7 Å². The van der Waals surface area contributed by atoms with Crippen molar-refractivity contribution in [3.63, 3.8) is 0 Å². The minimum atomic E-state index is 0. The van der Waals surface area contributed by atoms with Gasteiger partial charge in [-0.2, -0.15) is 0 Å². The third-order valence-electron chi connectivity index (χ3n) is 5.26. The number of hydrogen-bond acceptors (Lipinski definition) is 6. The maximum absolute atomic E-state index is 5.55. The van der Waals surface area contributed by atoms with Gasteiger partial charge in [0.05, 0.1) is 25.8 Å². The first kappa shape index (κ1) is 26.0. The van der Waals surface area contributed by atoms with Gasteiger partial charge >= 0.3 is 0 Å². The number of ether oxygens (including phenoxy) is 1. The first-order valence-electron chi connectivity index (χ1n) is 11.1. The zero-order valence-corrected chi connectivity index (χ0v) is 21.8. The Morgan fingerprint density at radius 2 is 2.06 bits per heavy atom. The van der Waals surface area contributed by atoms with E-state index in [4.69, 9.17) is 9.73 Å². The molecule has 1 atom stereocenters. The summed E-state index contributed by atoms with van der Waals surface area (Å²) in [7, 11) is 0. The number of aromatic nitrogens is 3. The summed E-state index contributed by atoms with van der Waals surface area (Å²) in [6.45, 7) is 11.1. The van der Waals surface area contributed by atoms with Crippen LogP contribution in [0.4, 0.5) is 0 Å². The lowest BCUT2D eigenvalue weighted by molar-refractivity contribution is 0.0186. The lowest BCUT2D eigenvalue weighted by Gasteiger charge is -2.33. The van der Waals surface area contributed by atoms with Crippen molar-refractivity contribution < 1.29 is 4.74 Å². The molecule has 0 aliphatic carbocycles. The summed E-state index contributed by atoms with van der Waals surface area (Å²) in [6.07, 6.45) is 4.97. The van der Waals surface area contributed by atoms with E-state index < -0.39 is 0 Å². The molecule has 0 radical (unpaired) electrons. The SMILES string of the molecule is CCCCNC(=NCC(c1cccs1)N1CCOCC1)NCCn1cnnc1CC.I. The molecule has 8 nitrogen and oxygen atoms in total. The second-order valence-electron chi connectivity index (χ2n) is 7.37. The van der Waals surface area contributed by atoms with E-state index in [1.54, 1.807) is 6.33 Å². The van der Waals surface area contributed by atoms with Gasteiger partial charge in [0.2, 0.25) is 0 Å². The van der Waals surface area contributed by atoms with Crippen molar-refractivity contribution in [2.24, 2.45) is 4.99 Å². The maximum atomic E-state index is 5.55. The van der Waals surface area contributed by atoms with Gasteiger partial charge in [0.15, 0.2) is 5.96 Å². The predicted octanol–water partition coefficient (Wildman–Crippen LogP) is 2.93. The molecule has 1 aliphatic heterocycles. The second kappa shape index (κ2) is 14.8. The lowest BCUT2D eigenvalue weighted by atomic mass is 10.2. The summed E-state index contributed by atoms with van der Waals surface area (Å²) in [5.41, 5.74) is 0. The van der Waals surface area contributed by atoms with Crippen molar-refractivity contribution in [2.75, 3.05) is 45.9 Å². The lowest BCUT2D eigenvalue weighted by Crippen LogP contribution is -2.42. The van der Waals surface area contributed by atoms with Crippen LogP contribution in [0.25, 0.3) is 0 Å². The Labute approximate surface area is 206 Å². The molecule has 1 unspecified atom stereocenters. The van der Waals surface area contributed by atoms with E-state index in [9.17, 15) is 0 Å². The molecule has 1 saturated heterocycles. The molecule has 0 spiro atoms. The van der Waals surface area contributed by atoms with Gasteiger partial charge in [0.1, 0.15) is 12.2 Å². The van der Waals surface area contributed by atoms with Gasteiger partial charge in [0.25, 0.3) is 0 Å². The molecule has 0 amide bonds. The minimum Gasteiger partial charge on any atom is -0.379 e. The van der Waals surface area contributed by atoms with Crippen molar-refractivity contribution in [3.8, 4) is 0 Å². The molecule has 174 valence electrons. The van der Waals surface area contributed by atoms with E-state index in [1.807, 2.05) is 11.3 Å². The van der Waals surface area contributed by atoms with Crippen LogP contribution in [0.2, 0.25) is 0 Å². The van der Waals surface area contributed by atoms with Crippen LogP contribution in [0.5, 0.6) is 0 Å². The third-order valence-corrected chi connectivity index (χ3v) is 6.23. The number of nitrogens with zero attached hydrogens (tertiary/aromatic N) is 5. The van der Waals surface area contributed by atoms with E-state index >= 15 is 0 Å². The first-order chi connectivity index (χ1) is 14.8. The zero-order chi connectivity index (χ0) is 21.0. The van der Waals surface area contributed by atoms with Gasteiger partial charge in [-0.05, 0) is 17.9 Å². The van der Waals surface area contributed by atoms with Crippen molar-refractivity contribution in [2.45, 2.75) is 45.7 Å². The summed E-state index contributed by atoms with van der Waals surface area (Å²) in [5.74, 6) is 1.89. The monoisotopic (exact) mass is 561 g/mol. The van der Waals surface area contributed by atoms with Gasteiger partial charge in [-0.15, -0.1) is 45.5 Å². The van der Waals surface area contributed by atoms with Crippen LogP contribution in [-0.2, 0) is 17.7 Å². The van der Waals surface area contributed by atoms with Gasteiger partial charge in [0, 0.05) is 44.0 Å². The Balaban J connectivity index is 0.00000341. The second-order valence-corrected chi connectivity index (χ2v) is 8.35. The number of thiophene rings is 1. The number of unbranched alkanes of at least 4 members (excludes halogenated alkanes) is 1. The molecule has 0 bridgehead atoms. The molecule has 3 heterocycles. The standard InChI is InChI=1S/C21H35N7OS.HI/c1-3-5-8-22-21(23-9-10-28-17-25-26-20(28)4-2)24-16-18(19-7-6-15-30-19)27-11-13-29-14-12-27;/h6-7,15,17-18H,3-5,8-14,16H2,1-2H3,(H2,22,23,24);1H. The number of halogens is 1. The van der Waals surface area contributed by atoms with E-state index in [1.165, 1.54) is 4.88 Å². The zero-order valence-electron chi connectivity index (χ0n) is 18.6. The molecule has 10 heteroatoms. The quantitative estimate of drug-likeness (QED) is 0.190. The van der Waals surface area contributed by atoms with Crippen LogP contribution in [0.3, 0.4) is 0 Å². The summed E-state index contributed by atoms with van der Waals surface area (Å²) in [5, 5.41) is 17.3. The molecule has 0 aromatic carbocycles. The van der Waals surface area contributed by atoms with Gasteiger partial charge in [-0.25, -0.2) is 0 Å². The summed E-state index contributed by atoms with van der Waals surface area (Å²) in [6, 6.07) is 4.64. The van der Waals surface area contributed by atoms with Crippen LogP contribution in [0.15, 0.2) is 28.8 Å². The van der Waals surface area contributed by atoms with Gasteiger partial charge in [-0.3, -0.25) is 9.89 Å². The van der Waals surface area contributed by atoms with Crippen molar-refractivity contribution in [1.82, 2.24) is 30.3 Å². The highest BCUT2D eigenvalue weighted by atomic mass is 127. The number of rotatable bonds is 11. The number of guanidine groups is 1. The predicted molar refractivity (Wildman–Crippen MR) is 137 cm³/mol. The highest BCUT2D eigenvalue weighted by molar-refractivity contribution is 14.0. The molecule has 1 fully saturated rings. The molecule has 2 aromatic heterocycles. The summed E-state index contributed by atoms with van der Waals surface area (Å²) < 4.78 is 7.65. The molecule has 31 heavy (non-hydrogen) atoms. The van der Waals surface area contributed by atoms with Crippen LogP contribution < -0.4 is 10.6 Å². The van der Waals surface area contributed by atoms with Crippen LogP contribution in [-0.4, -0.2) is 71.6 Å². The molecular weight excluding hydrogens is 525 g/mol. The van der Waals surface area contributed by atoms with E-state index in [0.29, 0.717) is 6.04 Å². The molecule has 1 aliphatic rings. The van der Waals surface area contributed by atoms with Gasteiger partial charge < -0.3 is 19.9 Å². The maximum Gasteiger partial charge on any atom is 0.191 e. The largest absolute Gasteiger partial charge is 0.379 e. The number of aryl methyl sites for hydroxylation is 1. The minimum absolute atomic E-state index is 0. The average molecular weight is 562 g/mol. The van der Waals surface area contributed by atoms with Crippen LogP contribution in [0, 0.1) is 0 Å².